The average Bonchev–Trinajstić information content (AvgIpc) is 0.782. The summed E-state index contributed by atoms with van der Waals surface area (Å²) in [6.07, 6.45) is 6.31. The van der Waals surface area contributed by atoms with Gasteiger partial charge in [-0.2, -0.15) is 0 Å². The number of unbranched alkanes of at least 4 members (excludes halogenated alkanes) is 35. The van der Waals surface area contributed by atoms with Crippen molar-refractivity contribution < 1.29 is 117 Å². The van der Waals surface area contributed by atoms with Crippen molar-refractivity contribution in [3.8, 4) is 0 Å². The monoisotopic (exact) mass is 1360 g/mol. The van der Waals surface area contributed by atoms with Crippen molar-refractivity contribution in [1.82, 2.24) is 0 Å². The van der Waals surface area contributed by atoms with Crippen LogP contribution in [0.2, 0.25) is 0 Å². The second-order valence-corrected chi connectivity index (χ2v) is 27.7. The normalized spacial score (nSPS) is 28.4. The molecular weight excluding hydrogens is 1230 g/mol. The first-order valence-corrected chi connectivity index (χ1v) is 37.8. The molecule has 2 aliphatic heterocycles. The zero-order valence-electron chi connectivity index (χ0n) is 56.8. The third kappa shape index (κ3) is 35.0. The van der Waals surface area contributed by atoms with Gasteiger partial charge in [-0.25, -0.2) is 4.57 Å². The molecule has 548 valence electrons. The third-order valence-corrected chi connectivity index (χ3v) is 19.1. The number of rotatable bonds is 56. The van der Waals surface area contributed by atoms with Crippen LogP contribution in [0.15, 0.2) is 0 Å². The highest BCUT2D eigenvalue weighted by molar-refractivity contribution is 7.47. The van der Waals surface area contributed by atoms with Crippen LogP contribution < -0.4 is 0 Å². The fourth-order valence-corrected chi connectivity index (χ4v) is 13.1. The van der Waals surface area contributed by atoms with E-state index in [9.17, 15) is 74.9 Å². The van der Waals surface area contributed by atoms with E-state index in [1.165, 1.54) is 135 Å². The van der Waals surface area contributed by atoms with Crippen molar-refractivity contribution in [1.29, 1.82) is 0 Å². The van der Waals surface area contributed by atoms with Crippen LogP contribution in [0.1, 0.15) is 284 Å². The molecule has 0 aromatic heterocycles. The summed E-state index contributed by atoms with van der Waals surface area (Å²) in [5, 5.41) is 110. The number of phosphoric ester groups is 1. The molecule has 3 rings (SSSR count). The number of ether oxygens (including phenoxy) is 7. The Hall–Kier alpha value is -2.04. The van der Waals surface area contributed by atoms with Gasteiger partial charge >= 0.3 is 25.7 Å². The lowest BCUT2D eigenvalue weighted by atomic mass is 9.84. The molecule has 25 heteroatoms. The summed E-state index contributed by atoms with van der Waals surface area (Å²) < 4.78 is 64.9. The maximum atomic E-state index is 14.3. The molecule has 18 unspecified atom stereocenters. The van der Waals surface area contributed by atoms with E-state index < -0.39 is 156 Å². The predicted molar refractivity (Wildman–Crippen MR) is 347 cm³/mol. The third-order valence-electron chi connectivity index (χ3n) is 18.1. The van der Waals surface area contributed by atoms with E-state index in [0.717, 1.165) is 89.9 Å². The fourth-order valence-electron chi connectivity index (χ4n) is 12.2. The first kappa shape index (κ1) is 85.2. The highest BCUT2D eigenvalue weighted by Crippen LogP contribution is 2.49. The zero-order chi connectivity index (χ0) is 68.2. The summed E-state index contributed by atoms with van der Waals surface area (Å²) in [6.45, 7) is 3.42. The average molecular weight is 1360 g/mol. The van der Waals surface area contributed by atoms with E-state index in [1.54, 1.807) is 0 Å². The number of hydrogen-bond acceptors (Lipinski definition) is 23. The van der Waals surface area contributed by atoms with Gasteiger partial charge in [0.1, 0.15) is 98.7 Å². The molecule has 18 atom stereocenters. The lowest BCUT2D eigenvalue weighted by molar-refractivity contribution is -0.360. The van der Waals surface area contributed by atoms with E-state index in [-0.39, 0.29) is 19.3 Å². The van der Waals surface area contributed by atoms with Crippen LogP contribution >= 0.6 is 7.82 Å². The van der Waals surface area contributed by atoms with Gasteiger partial charge in [0.05, 0.1) is 13.2 Å². The largest absolute Gasteiger partial charge is 0.472 e. The van der Waals surface area contributed by atoms with E-state index >= 15 is 0 Å². The molecule has 1 aliphatic carbocycles. The predicted octanol–water partition coefficient (Wildman–Crippen LogP) is 9.01. The first-order chi connectivity index (χ1) is 44.8. The molecule has 93 heavy (non-hydrogen) atoms. The van der Waals surface area contributed by atoms with Crippen LogP contribution in [0.5, 0.6) is 0 Å². The standard InChI is InChI=1S/C68H127O24P/c1-4-7-10-13-16-19-22-23-24-25-26-29-31-33-36-39-42-52(70)84-46-49(87-54(72)44-41-38-35-32-28-21-18-15-12-9-6-3)47-86-93(82,83)92-66-64(90-67-62(80)57(75)55(73)50(45-69)88-67)60(78)59(77)61(79)65(66)91-68-63(81)58(76)56(74)51(89-68)48-85-53(71)43-40-37-34-30-27-20-17-14-11-8-5-2/h49-51,55-69,73-81H,4-48H2,1-3H3,(H,82,83). The van der Waals surface area contributed by atoms with Crippen molar-refractivity contribution in [3.63, 3.8) is 0 Å². The molecule has 2 saturated heterocycles. The van der Waals surface area contributed by atoms with Gasteiger partial charge in [-0.1, -0.05) is 245 Å². The molecule has 0 aromatic rings. The van der Waals surface area contributed by atoms with Crippen molar-refractivity contribution in [3.05, 3.63) is 0 Å². The molecule has 24 nitrogen and oxygen atoms in total. The molecule has 3 fully saturated rings. The second-order valence-electron chi connectivity index (χ2n) is 26.3. The van der Waals surface area contributed by atoms with Crippen LogP contribution in [0.3, 0.4) is 0 Å². The Balaban J connectivity index is 1.74. The Bertz CT molecular complexity index is 1940. The van der Waals surface area contributed by atoms with Crippen molar-refractivity contribution >= 4 is 25.7 Å². The molecule has 1 saturated carbocycles. The van der Waals surface area contributed by atoms with Crippen LogP contribution in [0.4, 0.5) is 0 Å². The van der Waals surface area contributed by atoms with E-state index in [4.69, 9.17) is 42.2 Å². The summed E-state index contributed by atoms with van der Waals surface area (Å²) in [5.74, 6) is -1.98. The summed E-state index contributed by atoms with van der Waals surface area (Å²) in [4.78, 5) is 50.8. The number of hydrogen-bond donors (Lipinski definition) is 11. The van der Waals surface area contributed by atoms with Crippen molar-refractivity contribution in [2.24, 2.45) is 0 Å². The lowest BCUT2D eigenvalue weighted by Gasteiger charge is -2.49. The molecule has 2 heterocycles. The maximum absolute atomic E-state index is 14.3. The van der Waals surface area contributed by atoms with Gasteiger partial charge in [0.2, 0.25) is 0 Å². The lowest BCUT2D eigenvalue weighted by Crippen LogP contribution is -2.69. The van der Waals surface area contributed by atoms with Crippen LogP contribution in [-0.4, -0.2) is 204 Å². The van der Waals surface area contributed by atoms with Gasteiger partial charge in [0, 0.05) is 19.3 Å². The summed E-state index contributed by atoms with van der Waals surface area (Å²) in [5.41, 5.74) is 0. The van der Waals surface area contributed by atoms with Gasteiger partial charge in [0.15, 0.2) is 18.7 Å². The van der Waals surface area contributed by atoms with E-state index in [0.29, 0.717) is 19.3 Å². The van der Waals surface area contributed by atoms with Gasteiger partial charge in [-0.3, -0.25) is 23.4 Å². The SMILES string of the molecule is CCCCCCCCCCCCCCCCCCC(=O)OCC(COP(=O)(O)OC1C(OC2OC(CO)C(O)C(O)C2O)C(O)C(O)C(O)C1OC1OC(COC(=O)CCCCCCCCCCCCC)C(O)C(O)C1O)OC(=O)CCCCCCCCCCCCC. The molecule has 0 radical (unpaired) electrons. The van der Waals surface area contributed by atoms with Gasteiger partial charge in [-0.15, -0.1) is 0 Å². The van der Waals surface area contributed by atoms with Crippen LogP contribution in [-0.2, 0) is 61.2 Å². The molecule has 0 aromatic carbocycles. The van der Waals surface area contributed by atoms with Crippen molar-refractivity contribution in [2.45, 2.75) is 388 Å². The van der Waals surface area contributed by atoms with Crippen LogP contribution in [0, 0.1) is 0 Å². The Morgan fingerprint density at radius 3 is 1.05 bits per heavy atom. The Kier molecular flexibility index (Phi) is 46.9. The quantitative estimate of drug-likeness (QED) is 0.0117. The second kappa shape index (κ2) is 51.2. The highest BCUT2D eigenvalue weighted by Gasteiger charge is 2.58. The van der Waals surface area contributed by atoms with E-state index in [2.05, 4.69) is 20.8 Å². The van der Waals surface area contributed by atoms with Crippen molar-refractivity contribution in [2.75, 3.05) is 26.4 Å². The number of carbonyl (C=O) groups is 3. The molecular formula is C68H127O24P. The van der Waals surface area contributed by atoms with Crippen LogP contribution in [0.25, 0.3) is 0 Å². The molecule has 0 bridgehead atoms. The Morgan fingerprint density at radius 2 is 0.688 bits per heavy atom. The number of phosphoric acid groups is 1. The smallest absolute Gasteiger partial charge is 0.463 e. The number of aliphatic hydroxyl groups excluding tert-OH is 10. The van der Waals surface area contributed by atoms with Gasteiger partial charge in [0.25, 0.3) is 0 Å². The molecule has 0 amide bonds. The summed E-state index contributed by atoms with van der Waals surface area (Å²) >= 11 is 0. The molecule has 0 spiro atoms. The Labute approximate surface area is 555 Å². The fraction of sp³-hybridized carbons (Fsp3) is 0.956. The number of esters is 3. The molecule has 3 aliphatic rings. The highest BCUT2D eigenvalue weighted by atomic mass is 31.2. The first-order valence-electron chi connectivity index (χ1n) is 36.3. The molecule has 11 N–H and O–H groups in total. The number of carbonyl (C=O) groups excluding carboxylic acids is 3. The number of aliphatic hydroxyl groups is 10. The minimum Gasteiger partial charge on any atom is -0.463 e. The minimum absolute atomic E-state index is 0.0327. The Morgan fingerprint density at radius 1 is 0.376 bits per heavy atom. The summed E-state index contributed by atoms with van der Waals surface area (Å²) in [7, 11) is -5.68. The maximum Gasteiger partial charge on any atom is 0.472 e. The van der Waals surface area contributed by atoms with E-state index in [1.807, 2.05) is 0 Å². The van der Waals surface area contributed by atoms with Gasteiger partial charge < -0.3 is 89.1 Å². The minimum atomic E-state index is -5.68. The van der Waals surface area contributed by atoms with Gasteiger partial charge in [-0.05, 0) is 19.3 Å². The summed E-state index contributed by atoms with van der Waals surface area (Å²) in [6, 6.07) is 0. The topological polar surface area (TPSA) is 374 Å². The zero-order valence-corrected chi connectivity index (χ0v) is 57.7.